The Kier molecular flexibility index (Phi) is 10.0. The number of amides is 1. The normalized spacial score (nSPS) is 21.7. The summed E-state index contributed by atoms with van der Waals surface area (Å²) >= 11 is 0. The summed E-state index contributed by atoms with van der Waals surface area (Å²) in [5, 5.41) is 10.2. The monoisotopic (exact) mass is 476 g/mol. The maximum atomic E-state index is 13.3. The maximum Gasteiger partial charge on any atom is 0.308 e. The van der Waals surface area contributed by atoms with Crippen LogP contribution in [0.3, 0.4) is 0 Å². The molecule has 3 unspecified atom stereocenters. The molecule has 2 aliphatic rings. The Morgan fingerprint density at radius 2 is 1.82 bits per heavy atom. The van der Waals surface area contributed by atoms with Gasteiger partial charge in [-0.05, 0) is 43.9 Å². The molecular formula is C26H40N2O6. The molecule has 3 rings (SSSR count). The number of carbonyl (C=O) groups excluding carboxylic acids is 1. The van der Waals surface area contributed by atoms with Crippen molar-refractivity contribution in [3.05, 3.63) is 23.8 Å². The molecule has 1 saturated heterocycles. The molecule has 1 aromatic carbocycles. The number of aliphatic carboxylic acids is 1. The Morgan fingerprint density at radius 1 is 1.12 bits per heavy atom. The summed E-state index contributed by atoms with van der Waals surface area (Å²) in [4.78, 5) is 29.8. The third-order valence-electron chi connectivity index (χ3n) is 6.87. The predicted molar refractivity (Wildman–Crippen MR) is 129 cm³/mol. The minimum Gasteiger partial charge on any atom is -0.481 e. The van der Waals surface area contributed by atoms with Gasteiger partial charge in [-0.1, -0.05) is 32.8 Å². The molecule has 0 spiro atoms. The van der Waals surface area contributed by atoms with Gasteiger partial charge in [-0.3, -0.25) is 14.5 Å². The molecule has 190 valence electrons. The average Bonchev–Trinajstić information content (AvgIpc) is 3.43. The van der Waals surface area contributed by atoms with Crippen LogP contribution in [0.5, 0.6) is 11.5 Å². The summed E-state index contributed by atoms with van der Waals surface area (Å²) in [6.45, 7) is 9.65. The third kappa shape index (κ3) is 6.42. The first-order chi connectivity index (χ1) is 16.5. The topological polar surface area (TPSA) is 88.5 Å². The minimum absolute atomic E-state index is 0.0822. The highest BCUT2D eigenvalue weighted by atomic mass is 16.7. The highest BCUT2D eigenvalue weighted by Crippen LogP contribution is 2.42. The lowest BCUT2D eigenvalue weighted by Crippen LogP contribution is -2.45. The van der Waals surface area contributed by atoms with Crippen LogP contribution in [0.4, 0.5) is 0 Å². The summed E-state index contributed by atoms with van der Waals surface area (Å²) in [7, 11) is 0. The fourth-order valence-corrected chi connectivity index (χ4v) is 5.02. The number of ether oxygens (including phenoxy) is 3. The second-order valence-corrected chi connectivity index (χ2v) is 9.15. The molecule has 2 heterocycles. The van der Waals surface area contributed by atoms with E-state index < -0.39 is 11.9 Å². The molecule has 0 aliphatic carbocycles. The van der Waals surface area contributed by atoms with Gasteiger partial charge in [-0.2, -0.15) is 0 Å². The zero-order chi connectivity index (χ0) is 24.5. The molecule has 3 atom stereocenters. The van der Waals surface area contributed by atoms with E-state index in [0.717, 1.165) is 44.3 Å². The molecule has 0 bridgehead atoms. The lowest BCUT2D eigenvalue weighted by atomic mass is 9.84. The molecule has 1 amide bonds. The Labute approximate surface area is 203 Å². The van der Waals surface area contributed by atoms with Crippen molar-refractivity contribution < 1.29 is 28.9 Å². The Bertz CT molecular complexity index is 808. The van der Waals surface area contributed by atoms with Gasteiger partial charge in [0.15, 0.2) is 11.5 Å². The number of fused-ring (bicyclic) bond motifs is 1. The molecule has 0 radical (unpaired) electrons. The number of carboxylic acids is 1. The smallest absolute Gasteiger partial charge is 0.308 e. The van der Waals surface area contributed by atoms with E-state index in [1.54, 1.807) is 0 Å². The molecule has 34 heavy (non-hydrogen) atoms. The van der Waals surface area contributed by atoms with Crippen LogP contribution in [-0.2, 0) is 14.3 Å². The minimum atomic E-state index is -0.840. The molecule has 2 aliphatic heterocycles. The Balaban J connectivity index is 1.82. The zero-order valence-corrected chi connectivity index (χ0v) is 20.8. The van der Waals surface area contributed by atoms with Crippen LogP contribution in [0.1, 0.15) is 64.4 Å². The number of carboxylic acid groups (broad SMARTS) is 1. The van der Waals surface area contributed by atoms with Crippen LogP contribution in [0.25, 0.3) is 0 Å². The summed E-state index contributed by atoms with van der Waals surface area (Å²) in [6.07, 6.45) is 4.58. The van der Waals surface area contributed by atoms with Gasteiger partial charge in [0, 0.05) is 44.8 Å². The Morgan fingerprint density at radius 3 is 2.47 bits per heavy atom. The lowest BCUT2D eigenvalue weighted by molar-refractivity contribution is -0.144. The number of hydrogen-bond donors (Lipinski definition) is 1. The van der Waals surface area contributed by atoms with Crippen molar-refractivity contribution in [1.29, 1.82) is 0 Å². The van der Waals surface area contributed by atoms with Crippen LogP contribution in [0.2, 0.25) is 0 Å². The highest BCUT2D eigenvalue weighted by Gasteiger charge is 2.47. The summed E-state index contributed by atoms with van der Waals surface area (Å²) in [5.41, 5.74) is 0.904. The number of carbonyl (C=O) groups is 2. The fraction of sp³-hybridized carbons (Fsp3) is 0.692. The Hall–Kier alpha value is -2.32. The van der Waals surface area contributed by atoms with E-state index >= 15 is 0 Å². The van der Waals surface area contributed by atoms with E-state index in [1.807, 2.05) is 30.0 Å². The average molecular weight is 477 g/mol. The van der Waals surface area contributed by atoms with Gasteiger partial charge >= 0.3 is 5.97 Å². The van der Waals surface area contributed by atoms with E-state index in [-0.39, 0.29) is 31.2 Å². The zero-order valence-electron chi connectivity index (χ0n) is 20.8. The molecule has 8 nitrogen and oxygen atoms in total. The van der Waals surface area contributed by atoms with E-state index in [4.69, 9.17) is 14.2 Å². The SMILES string of the molecule is CCCCN(CCCC)C(=O)CN1CC(c2ccc3c(c2)OCO3)C(C(=O)O)C1CCOCC. The first-order valence-corrected chi connectivity index (χ1v) is 12.7. The second kappa shape index (κ2) is 13.0. The van der Waals surface area contributed by atoms with Crippen molar-refractivity contribution in [3.8, 4) is 11.5 Å². The molecule has 1 aromatic rings. The molecule has 0 saturated carbocycles. The molecule has 0 aromatic heterocycles. The van der Waals surface area contributed by atoms with Crippen LogP contribution in [0, 0.1) is 5.92 Å². The van der Waals surface area contributed by atoms with E-state index in [9.17, 15) is 14.7 Å². The fourth-order valence-electron chi connectivity index (χ4n) is 5.02. The molecule has 1 fully saturated rings. The van der Waals surface area contributed by atoms with Crippen LogP contribution >= 0.6 is 0 Å². The van der Waals surface area contributed by atoms with Crippen molar-refractivity contribution in [2.24, 2.45) is 5.92 Å². The van der Waals surface area contributed by atoms with E-state index in [1.165, 1.54) is 0 Å². The van der Waals surface area contributed by atoms with Gasteiger partial charge in [0.2, 0.25) is 12.7 Å². The number of unbranched alkanes of at least 4 members (excludes halogenated alkanes) is 2. The van der Waals surface area contributed by atoms with Crippen LogP contribution in [-0.4, -0.2) is 79.0 Å². The number of likely N-dealkylation sites (tertiary alicyclic amines) is 1. The maximum absolute atomic E-state index is 13.3. The van der Waals surface area contributed by atoms with Crippen molar-refractivity contribution in [2.75, 3.05) is 46.2 Å². The van der Waals surface area contributed by atoms with Crippen LogP contribution in [0.15, 0.2) is 18.2 Å². The van der Waals surface area contributed by atoms with Gasteiger partial charge in [0.25, 0.3) is 0 Å². The van der Waals surface area contributed by atoms with Gasteiger partial charge in [0.05, 0.1) is 12.5 Å². The van der Waals surface area contributed by atoms with Crippen molar-refractivity contribution in [1.82, 2.24) is 9.80 Å². The van der Waals surface area contributed by atoms with E-state index in [0.29, 0.717) is 37.7 Å². The number of benzene rings is 1. The van der Waals surface area contributed by atoms with Crippen molar-refractivity contribution >= 4 is 11.9 Å². The van der Waals surface area contributed by atoms with E-state index in [2.05, 4.69) is 18.7 Å². The summed E-state index contributed by atoms with van der Waals surface area (Å²) < 4.78 is 16.5. The first-order valence-electron chi connectivity index (χ1n) is 12.7. The number of rotatable bonds is 14. The van der Waals surface area contributed by atoms with Crippen molar-refractivity contribution in [3.63, 3.8) is 0 Å². The molecule has 8 heteroatoms. The first kappa shape index (κ1) is 26.3. The van der Waals surface area contributed by atoms with Crippen molar-refractivity contribution in [2.45, 2.75) is 64.8 Å². The number of hydrogen-bond acceptors (Lipinski definition) is 6. The van der Waals surface area contributed by atoms with Gasteiger partial charge < -0.3 is 24.2 Å². The van der Waals surface area contributed by atoms with Gasteiger partial charge in [-0.15, -0.1) is 0 Å². The second-order valence-electron chi connectivity index (χ2n) is 9.15. The quantitative estimate of drug-likeness (QED) is 0.409. The standard InChI is InChI=1S/C26H40N2O6/c1-4-7-12-27(13-8-5-2)24(29)17-28-16-20(19-9-10-22-23(15-19)34-18-33-22)25(26(30)31)21(28)11-14-32-6-3/h9-10,15,20-21,25H,4-8,11-14,16-18H2,1-3H3,(H,30,31). The third-order valence-corrected chi connectivity index (χ3v) is 6.87. The summed E-state index contributed by atoms with van der Waals surface area (Å²) in [6, 6.07) is 5.38. The molecular weight excluding hydrogens is 436 g/mol. The van der Waals surface area contributed by atoms with Gasteiger partial charge in [-0.25, -0.2) is 0 Å². The predicted octanol–water partition coefficient (Wildman–Crippen LogP) is 3.74. The molecule has 1 N–H and O–H groups in total. The van der Waals surface area contributed by atoms with Crippen LogP contribution < -0.4 is 9.47 Å². The highest BCUT2D eigenvalue weighted by molar-refractivity contribution is 5.79. The number of nitrogens with zero attached hydrogens (tertiary/aromatic N) is 2. The lowest BCUT2D eigenvalue weighted by Gasteiger charge is -2.29. The van der Waals surface area contributed by atoms with Gasteiger partial charge in [0.1, 0.15) is 0 Å². The largest absolute Gasteiger partial charge is 0.481 e. The summed E-state index contributed by atoms with van der Waals surface area (Å²) in [5.74, 6) is -0.311.